The van der Waals surface area contributed by atoms with Crippen molar-refractivity contribution in [2.24, 2.45) is 0 Å². The second-order valence-corrected chi connectivity index (χ2v) is 4.27. The lowest BCUT2D eigenvalue weighted by Gasteiger charge is -2.14. The predicted octanol–water partition coefficient (Wildman–Crippen LogP) is 2.97. The van der Waals surface area contributed by atoms with E-state index < -0.39 is 0 Å². The second-order valence-electron chi connectivity index (χ2n) is 3.86. The Balaban J connectivity index is 2.60. The first-order valence-electron chi connectivity index (χ1n) is 5.68. The number of benzene rings is 1. The first-order chi connectivity index (χ1) is 8.56. The van der Waals surface area contributed by atoms with Crippen molar-refractivity contribution in [1.82, 2.24) is 0 Å². The maximum absolute atomic E-state index is 11.3. The van der Waals surface area contributed by atoms with Crippen LogP contribution in [-0.2, 0) is 9.53 Å². The van der Waals surface area contributed by atoms with Crippen LogP contribution in [0.25, 0.3) is 0 Å². The Kier molecular flexibility index (Phi) is 5.47. The maximum atomic E-state index is 11.3. The number of esters is 1. The van der Waals surface area contributed by atoms with Crippen LogP contribution in [-0.4, -0.2) is 18.6 Å². The van der Waals surface area contributed by atoms with E-state index in [1.807, 2.05) is 13.0 Å². The van der Waals surface area contributed by atoms with Gasteiger partial charge >= 0.3 is 5.97 Å². The molecular formula is C13H15ClN2O2. The standard InChI is InChI=1S/C13H15ClN2O2/c1-3-18-13(17)6-9(2)16-11-5-4-10(8-15)12(14)7-11/h4-5,7,9,16H,3,6H2,1-2H3. The van der Waals surface area contributed by atoms with Crippen LogP contribution in [0.15, 0.2) is 18.2 Å². The van der Waals surface area contributed by atoms with E-state index >= 15 is 0 Å². The molecule has 0 saturated heterocycles. The lowest BCUT2D eigenvalue weighted by Crippen LogP contribution is -2.21. The summed E-state index contributed by atoms with van der Waals surface area (Å²) in [6, 6.07) is 6.99. The monoisotopic (exact) mass is 266 g/mol. The highest BCUT2D eigenvalue weighted by Gasteiger charge is 2.10. The zero-order valence-electron chi connectivity index (χ0n) is 10.4. The zero-order chi connectivity index (χ0) is 13.5. The largest absolute Gasteiger partial charge is 0.466 e. The number of ether oxygens (including phenoxy) is 1. The van der Waals surface area contributed by atoms with Crippen LogP contribution in [0, 0.1) is 11.3 Å². The number of hydrogen-bond donors (Lipinski definition) is 1. The van der Waals surface area contributed by atoms with Crippen LogP contribution >= 0.6 is 11.6 Å². The molecular weight excluding hydrogens is 252 g/mol. The average molecular weight is 267 g/mol. The van der Waals surface area contributed by atoms with Crippen molar-refractivity contribution in [3.05, 3.63) is 28.8 Å². The van der Waals surface area contributed by atoms with Crippen molar-refractivity contribution in [1.29, 1.82) is 5.26 Å². The molecule has 0 saturated carbocycles. The van der Waals surface area contributed by atoms with Gasteiger partial charge in [0.1, 0.15) is 6.07 Å². The first kappa shape index (κ1) is 14.3. The number of nitrogens with zero attached hydrogens (tertiary/aromatic N) is 1. The average Bonchev–Trinajstić information content (AvgIpc) is 2.29. The van der Waals surface area contributed by atoms with Gasteiger partial charge in [-0.3, -0.25) is 4.79 Å². The van der Waals surface area contributed by atoms with E-state index in [0.29, 0.717) is 17.2 Å². The molecule has 1 unspecified atom stereocenters. The van der Waals surface area contributed by atoms with Crippen LogP contribution in [0.5, 0.6) is 0 Å². The van der Waals surface area contributed by atoms with Gasteiger partial charge in [0.25, 0.3) is 0 Å². The number of rotatable bonds is 5. The SMILES string of the molecule is CCOC(=O)CC(C)Nc1ccc(C#N)c(Cl)c1. The fraction of sp³-hybridized carbons (Fsp3) is 0.385. The van der Waals surface area contributed by atoms with Gasteiger partial charge in [0.2, 0.25) is 0 Å². The molecule has 0 aromatic heterocycles. The molecule has 18 heavy (non-hydrogen) atoms. The quantitative estimate of drug-likeness (QED) is 0.833. The summed E-state index contributed by atoms with van der Waals surface area (Å²) in [7, 11) is 0. The first-order valence-corrected chi connectivity index (χ1v) is 6.06. The van der Waals surface area contributed by atoms with Crippen molar-refractivity contribution in [2.75, 3.05) is 11.9 Å². The molecule has 0 aliphatic heterocycles. The smallest absolute Gasteiger partial charge is 0.307 e. The Bertz CT molecular complexity index is 469. The third-order valence-corrected chi connectivity index (χ3v) is 2.59. The lowest BCUT2D eigenvalue weighted by molar-refractivity contribution is -0.143. The van der Waals surface area contributed by atoms with Gasteiger partial charge in [0, 0.05) is 11.7 Å². The molecule has 0 radical (unpaired) electrons. The third kappa shape index (κ3) is 4.27. The maximum Gasteiger partial charge on any atom is 0.307 e. The van der Waals surface area contributed by atoms with E-state index in [1.54, 1.807) is 25.1 Å². The Labute approximate surface area is 112 Å². The lowest BCUT2D eigenvalue weighted by atomic mass is 10.2. The van der Waals surface area contributed by atoms with Crippen LogP contribution in [0.1, 0.15) is 25.8 Å². The van der Waals surface area contributed by atoms with Gasteiger partial charge in [-0.15, -0.1) is 0 Å². The molecule has 4 nitrogen and oxygen atoms in total. The van der Waals surface area contributed by atoms with Gasteiger partial charge in [0.15, 0.2) is 0 Å². The van der Waals surface area contributed by atoms with Gasteiger partial charge < -0.3 is 10.1 Å². The molecule has 0 spiro atoms. The number of halogens is 1. The summed E-state index contributed by atoms with van der Waals surface area (Å²) in [4.78, 5) is 11.3. The van der Waals surface area contributed by atoms with Crippen molar-refractivity contribution >= 4 is 23.3 Å². The molecule has 0 amide bonds. The minimum Gasteiger partial charge on any atom is -0.466 e. The van der Waals surface area contributed by atoms with Crippen molar-refractivity contribution in [2.45, 2.75) is 26.3 Å². The topological polar surface area (TPSA) is 62.1 Å². The molecule has 0 bridgehead atoms. The summed E-state index contributed by atoms with van der Waals surface area (Å²) in [5.74, 6) is -0.239. The Morgan fingerprint density at radius 2 is 2.33 bits per heavy atom. The highest BCUT2D eigenvalue weighted by molar-refractivity contribution is 6.32. The Hall–Kier alpha value is -1.73. The molecule has 1 N–H and O–H groups in total. The summed E-state index contributed by atoms with van der Waals surface area (Å²) >= 11 is 5.91. The minimum absolute atomic E-state index is 0.0620. The van der Waals surface area contributed by atoms with Gasteiger partial charge in [-0.25, -0.2) is 0 Å². The molecule has 0 aliphatic carbocycles. The van der Waals surface area contributed by atoms with E-state index in [9.17, 15) is 4.79 Å². The highest BCUT2D eigenvalue weighted by Crippen LogP contribution is 2.21. The number of nitrogens with one attached hydrogen (secondary N) is 1. The molecule has 0 heterocycles. The summed E-state index contributed by atoms with van der Waals surface area (Å²) in [5.41, 5.74) is 1.20. The molecule has 1 rings (SSSR count). The van der Waals surface area contributed by atoms with Crippen molar-refractivity contribution in [3.63, 3.8) is 0 Å². The number of carbonyl (C=O) groups is 1. The molecule has 0 fully saturated rings. The fourth-order valence-corrected chi connectivity index (χ4v) is 1.72. The molecule has 1 atom stereocenters. The second kappa shape index (κ2) is 6.87. The van der Waals surface area contributed by atoms with E-state index in [4.69, 9.17) is 21.6 Å². The van der Waals surface area contributed by atoms with Gasteiger partial charge in [-0.2, -0.15) is 5.26 Å². The van der Waals surface area contributed by atoms with Crippen LogP contribution in [0.2, 0.25) is 5.02 Å². The Morgan fingerprint density at radius 3 is 2.89 bits per heavy atom. The van der Waals surface area contributed by atoms with E-state index in [1.165, 1.54) is 0 Å². The van der Waals surface area contributed by atoms with Crippen molar-refractivity contribution < 1.29 is 9.53 Å². The van der Waals surface area contributed by atoms with Crippen molar-refractivity contribution in [3.8, 4) is 6.07 Å². The summed E-state index contributed by atoms with van der Waals surface area (Å²) in [5, 5.41) is 12.3. The fourth-order valence-electron chi connectivity index (χ4n) is 1.50. The van der Waals surface area contributed by atoms with E-state index in [-0.39, 0.29) is 18.4 Å². The number of nitriles is 1. The van der Waals surface area contributed by atoms with Gasteiger partial charge in [-0.1, -0.05) is 11.6 Å². The molecule has 5 heteroatoms. The summed E-state index contributed by atoms with van der Waals surface area (Å²) in [6.45, 7) is 4.04. The molecule has 0 aliphatic rings. The molecule has 1 aromatic rings. The predicted molar refractivity (Wildman–Crippen MR) is 70.5 cm³/mol. The molecule has 1 aromatic carbocycles. The van der Waals surface area contributed by atoms with Gasteiger partial charge in [0.05, 0.1) is 23.6 Å². The number of anilines is 1. The summed E-state index contributed by atoms with van der Waals surface area (Å²) < 4.78 is 4.86. The molecule has 96 valence electrons. The van der Waals surface area contributed by atoms with Crippen LogP contribution in [0.4, 0.5) is 5.69 Å². The minimum atomic E-state index is -0.239. The highest BCUT2D eigenvalue weighted by atomic mass is 35.5. The summed E-state index contributed by atoms with van der Waals surface area (Å²) in [6.07, 6.45) is 0.283. The van der Waals surface area contributed by atoms with E-state index in [2.05, 4.69) is 5.32 Å². The van der Waals surface area contributed by atoms with Gasteiger partial charge in [-0.05, 0) is 32.0 Å². The number of hydrogen-bond acceptors (Lipinski definition) is 4. The Morgan fingerprint density at radius 1 is 1.61 bits per heavy atom. The van der Waals surface area contributed by atoms with Crippen LogP contribution in [0.3, 0.4) is 0 Å². The van der Waals surface area contributed by atoms with E-state index in [0.717, 1.165) is 5.69 Å². The number of carbonyl (C=O) groups excluding carboxylic acids is 1. The normalized spacial score (nSPS) is 11.4. The zero-order valence-corrected chi connectivity index (χ0v) is 11.1. The van der Waals surface area contributed by atoms with Crippen LogP contribution < -0.4 is 5.32 Å². The third-order valence-electron chi connectivity index (χ3n) is 2.28.